The van der Waals surface area contributed by atoms with E-state index in [1.807, 2.05) is 0 Å². The Bertz CT molecular complexity index is 937. The van der Waals surface area contributed by atoms with Crippen LogP contribution in [-0.2, 0) is 19.1 Å². The zero-order valence-electron chi connectivity index (χ0n) is 16.9. The Hall–Kier alpha value is -2.87. The highest BCUT2D eigenvalue weighted by atomic mass is 32.2. The van der Waals surface area contributed by atoms with Gasteiger partial charge in [-0.05, 0) is 62.7 Å². The minimum absolute atomic E-state index is 0.0706. The van der Waals surface area contributed by atoms with Crippen molar-refractivity contribution in [2.24, 2.45) is 5.41 Å². The van der Waals surface area contributed by atoms with Crippen LogP contribution in [0, 0.1) is 11.2 Å². The molecule has 3 rings (SSSR count). The first-order valence-electron chi connectivity index (χ1n) is 9.30. The van der Waals surface area contributed by atoms with Crippen LogP contribution in [0.3, 0.4) is 0 Å². The fourth-order valence-electron chi connectivity index (χ4n) is 2.77. The summed E-state index contributed by atoms with van der Waals surface area (Å²) in [5, 5.41) is -0.271. The second-order valence-corrected chi connectivity index (χ2v) is 8.83. The SMILES string of the molecule is CC(C)(C)C(=O)OCOC(=O)c1ccc(N2C(=O)CSC2c2ccc(F)cc2)cc1. The molecule has 0 radical (unpaired) electrons. The number of hydrogen-bond acceptors (Lipinski definition) is 6. The van der Waals surface area contributed by atoms with Gasteiger partial charge in [0.1, 0.15) is 11.2 Å². The van der Waals surface area contributed by atoms with Crippen molar-refractivity contribution in [2.75, 3.05) is 17.4 Å². The van der Waals surface area contributed by atoms with E-state index in [1.54, 1.807) is 62.1 Å². The number of nitrogens with zero attached hydrogens (tertiary/aromatic N) is 1. The van der Waals surface area contributed by atoms with E-state index in [9.17, 15) is 18.8 Å². The normalized spacial score (nSPS) is 16.5. The van der Waals surface area contributed by atoms with Gasteiger partial charge in [0.2, 0.25) is 12.7 Å². The van der Waals surface area contributed by atoms with Gasteiger partial charge in [0, 0.05) is 5.69 Å². The van der Waals surface area contributed by atoms with Gasteiger partial charge < -0.3 is 9.47 Å². The summed E-state index contributed by atoms with van der Waals surface area (Å²) in [5.74, 6) is -1.21. The fourth-order valence-corrected chi connectivity index (χ4v) is 3.95. The van der Waals surface area contributed by atoms with Crippen LogP contribution in [0.1, 0.15) is 42.1 Å². The number of thioether (sulfide) groups is 1. The largest absolute Gasteiger partial charge is 0.427 e. The third-order valence-electron chi connectivity index (χ3n) is 4.40. The fraction of sp³-hybridized carbons (Fsp3) is 0.318. The Balaban J connectivity index is 1.66. The van der Waals surface area contributed by atoms with Crippen LogP contribution in [0.25, 0.3) is 0 Å². The number of hydrogen-bond donors (Lipinski definition) is 0. The maximum Gasteiger partial charge on any atom is 0.341 e. The second kappa shape index (κ2) is 8.87. The first kappa shape index (κ1) is 21.8. The molecule has 1 fully saturated rings. The van der Waals surface area contributed by atoms with Crippen LogP contribution < -0.4 is 4.90 Å². The lowest BCUT2D eigenvalue weighted by molar-refractivity contribution is -0.161. The quantitative estimate of drug-likeness (QED) is 0.519. The van der Waals surface area contributed by atoms with Gasteiger partial charge in [0.25, 0.3) is 0 Å². The van der Waals surface area contributed by atoms with Crippen molar-refractivity contribution in [3.8, 4) is 0 Å². The molecule has 0 aromatic heterocycles. The summed E-state index contributed by atoms with van der Waals surface area (Å²) in [5.41, 5.74) is 1.02. The molecule has 2 aromatic rings. The highest BCUT2D eigenvalue weighted by Gasteiger charge is 2.34. The third kappa shape index (κ3) is 4.99. The van der Waals surface area contributed by atoms with Gasteiger partial charge in [-0.25, -0.2) is 9.18 Å². The number of ether oxygens (including phenoxy) is 2. The first-order chi connectivity index (χ1) is 14.2. The van der Waals surface area contributed by atoms with Crippen LogP contribution in [0.15, 0.2) is 48.5 Å². The van der Waals surface area contributed by atoms with Gasteiger partial charge >= 0.3 is 11.9 Å². The predicted octanol–water partition coefficient (Wildman–Crippen LogP) is 4.31. The van der Waals surface area contributed by atoms with Crippen molar-refractivity contribution in [1.82, 2.24) is 0 Å². The van der Waals surface area contributed by atoms with Crippen LogP contribution in [0.5, 0.6) is 0 Å². The van der Waals surface area contributed by atoms with Gasteiger partial charge in [0.15, 0.2) is 0 Å². The first-order valence-corrected chi connectivity index (χ1v) is 10.4. The van der Waals surface area contributed by atoms with Gasteiger partial charge in [-0.2, -0.15) is 0 Å². The molecule has 1 heterocycles. The van der Waals surface area contributed by atoms with E-state index in [1.165, 1.54) is 23.9 Å². The van der Waals surface area contributed by atoms with Crippen LogP contribution in [0.2, 0.25) is 0 Å². The maximum atomic E-state index is 13.2. The monoisotopic (exact) mass is 431 g/mol. The Morgan fingerprint density at radius 1 is 1.07 bits per heavy atom. The molecule has 1 aliphatic heterocycles. The lowest BCUT2D eigenvalue weighted by Crippen LogP contribution is -2.27. The molecular formula is C22H22FNO5S. The molecule has 8 heteroatoms. The summed E-state index contributed by atoms with van der Waals surface area (Å²) in [6.07, 6.45) is 0. The average Bonchev–Trinajstić information content (AvgIpc) is 3.09. The number of esters is 2. The summed E-state index contributed by atoms with van der Waals surface area (Å²) in [6.45, 7) is 4.64. The molecule has 0 bridgehead atoms. The lowest BCUT2D eigenvalue weighted by atomic mass is 9.98. The molecule has 1 unspecified atom stereocenters. The minimum Gasteiger partial charge on any atom is -0.427 e. The molecule has 1 amide bonds. The van der Waals surface area contributed by atoms with Gasteiger partial charge in [0.05, 0.1) is 16.7 Å². The zero-order chi connectivity index (χ0) is 21.9. The number of anilines is 1. The summed E-state index contributed by atoms with van der Waals surface area (Å²) in [6, 6.07) is 12.4. The van der Waals surface area contributed by atoms with E-state index in [4.69, 9.17) is 9.47 Å². The van der Waals surface area contributed by atoms with Crippen molar-refractivity contribution < 1.29 is 28.2 Å². The number of amides is 1. The Kier molecular flexibility index (Phi) is 6.45. The predicted molar refractivity (Wildman–Crippen MR) is 111 cm³/mol. The smallest absolute Gasteiger partial charge is 0.341 e. The van der Waals surface area contributed by atoms with E-state index in [0.717, 1.165) is 5.56 Å². The highest BCUT2D eigenvalue weighted by molar-refractivity contribution is 8.00. The van der Waals surface area contributed by atoms with E-state index in [0.29, 0.717) is 11.4 Å². The molecule has 30 heavy (non-hydrogen) atoms. The molecule has 6 nitrogen and oxygen atoms in total. The average molecular weight is 431 g/mol. The molecule has 0 N–H and O–H groups in total. The van der Waals surface area contributed by atoms with Crippen molar-refractivity contribution >= 4 is 35.3 Å². The number of rotatable bonds is 5. The lowest BCUT2D eigenvalue weighted by Gasteiger charge is -2.24. The number of carbonyl (C=O) groups is 3. The maximum absolute atomic E-state index is 13.2. The second-order valence-electron chi connectivity index (χ2n) is 7.76. The van der Waals surface area contributed by atoms with Crippen LogP contribution in [-0.4, -0.2) is 30.4 Å². The van der Waals surface area contributed by atoms with E-state index >= 15 is 0 Å². The van der Waals surface area contributed by atoms with Crippen LogP contribution >= 0.6 is 11.8 Å². The van der Waals surface area contributed by atoms with Gasteiger partial charge in [-0.1, -0.05) is 12.1 Å². The van der Waals surface area contributed by atoms with E-state index in [2.05, 4.69) is 0 Å². The summed E-state index contributed by atoms with van der Waals surface area (Å²) in [4.78, 5) is 37.9. The number of halogens is 1. The summed E-state index contributed by atoms with van der Waals surface area (Å²) >= 11 is 1.45. The zero-order valence-corrected chi connectivity index (χ0v) is 17.7. The van der Waals surface area contributed by atoms with Crippen molar-refractivity contribution in [3.05, 3.63) is 65.5 Å². The van der Waals surface area contributed by atoms with Gasteiger partial charge in [-0.3, -0.25) is 14.5 Å². The summed E-state index contributed by atoms with van der Waals surface area (Å²) in [7, 11) is 0. The number of benzene rings is 2. The molecule has 0 spiro atoms. The standard InChI is InChI=1S/C22H22FNO5S/c1-22(2,3)21(27)29-13-28-20(26)15-6-10-17(11-7-15)24-18(25)12-30-19(24)14-4-8-16(23)9-5-14/h4-11,19H,12-13H2,1-3H3. The Labute approximate surface area is 178 Å². The highest BCUT2D eigenvalue weighted by Crippen LogP contribution is 2.41. The number of carbonyl (C=O) groups excluding carboxylic acids is 3. The molecule has 1 saturated heterocycles. The minimum atomic E-state index is -0.685. The topological polar surface area (TPSA) is 72.9 Å². The van der Waals surface area contributed by atoms with E-state index < -0.39 is 24.1 Å². The molecule has 0 aliphatic carbocycles. The summed E-state index contributed by atoms with van der Waals surface area (Å²) < 4.78 is 23.1. The molecule has 158 valence electrons. The molecule has 1 aliphatic rings. The van der Waals surface area contributed by atoms with Gasteiger partial charge in [-0.15, -0.1) is 11.8 Å². The molecule has 2 aromatic carbocycles. The molecule has 1 atom stereocenters. The van der Waals surface area contributed by atoms with Crippen molar-refractivity contribution in [3.63, 3.8) is 0 Å². The van der Waals surface area contributed by atoms with E-state index in [-0.39, 0.29) is 22.7 Å². The molecular weight excluding hydrogens is 409 g/mol. The van der Waals surface area contributed by atoms with Crippen molar-refractivity contribution in [1.29, 1.82) is 0 Å². The Morgan fingerprint density at radius 2 is 1.70 bits per heavy atom. The Morgan fingerprint density at radius 3 is 2.30 bits per heavy atom. The van der Waals surface area contributed by atoms with Crippen molar-refractivity contribution in [2.45, 2.75) is 26.1 Å². The third-order valence-corrected chi connectivity index (χ3v) is 5.61. The molecule has 0 saturated carbocycles. The van der Waals surface area contributed by atoms with Crippen LogP contribution in [0.4, 0.5) is 10.1 Å².